The molecule has 1 aliphatic heterocycles. The average Bonchev–Trinajstić information content (AvgIpc) is 3.14. The molecule has 3 aromatic rings. The summed E-state index contributed by atoms with van der Waals surface area (Å²) in [4.78, 5) is 28.7. The lowest BCUT2D eigenvalue weighted by Gasteiger charge is -2.25. The van der Waals surface area contributed by atoms with E-state index >= 15 is 0 Å². The number of unbranched alkanes of at least 4 members (excludes halogenated alkanes) is 3. The van der Waals surface area contributed by atoms with Crippen molar-refractivity contribution in [3.63, 3.8) is 0 Å². The summed E-state index contributed by atoms with van der Waals surface area (Å²) in [5, 5.41) is 0.487. The van der Waals surface area contributed by atoms with Crippen molar-refractivity contribution in [3.05, 3.63) is 75.6 Å². The molecule has 4 rings (SSSR count). The van der Waals surface area contributed by atoms with E-state index in [-0.39, 0.29) is 23.2 Å². The SMILES string of the molecule is CCCCCCOc1ccc([C@@H]2c3c(oc4ccccc4c3=O)C(=O)N2CCCOC(C)C)cc1. The number of ether oxygens (including phenoxy) is 2. The predicted octanol–water partition coefficient (Wildman–Crippen LogP) is 6.11. The van der Waals surface area contributed by atoms with Gasteiger partial charge in [0.25, 0.3) is 5.91 Å². The molecule has 0 N–H and O–H groups in total. The van der Waals surface area contributed by atoms with Gasteiger partial charge in [-0.1, -0.05) is 50.5 Å². The molecule has 1 atom stereocenters. The molecule has 1 aliphatic rings. The second-order valence-electron chi connectivity index (χ2n) is 9.32. The summed E-state index contributed by atoms with van der Waals surface area (Å²) in [6.07, 6.45) is 5.39. The molecule has 186 valence electrons. The van der Waals surface area contributed by atoms with Crippen molar-refractivity contribution in [2.75, 3.05) is 19.8 Å². The minimum absolute atomic E-state index is 0.125. The van der Waals surface area contributed by atoms with Crippen LogP contribution < -0.4 is 10.2 Å². The van der Waals surface area contributed by atoms with Crippen LogP contribution in [0.3, 0.4) is 0 Å². The van der Waals surface area contributed by atoms with Gasteiger partial charge >= 0.3 is 0 Å². The van der Waals surface area contributed by atoms with Crippen LogP contribution in [0.2, 0.25) is 0 Å². The minimum Gasteiger partial charge on any atom is -0.494 e. The topological polar surface area (TPSA) is 69.0 Å². The zero-order valence-corrected chi connectivity index (χ0v) is 20.9. The van der Waals surface area contributed by atoms with Gasteiger partial charge in [0.1, 0.15) is 11.3 Å². The van der Waals surface area contributed by atoms with E-state index in [9.17, 15) is 9.59 Å². The lowest BCUT2D eigenvalue weighted by Crippen LogP contribution is -2.31. The van der Waals surface area contributed by atoms with Gasteiger partial charge in [-0.25, -0.2) is 0 Å². The zero-order chi connectivity index (χ0) is 24.8. The van der Waals surface area contributed by atoms with Crippen molar-refractivity contribution >= 4 is 16.9 Å². The Morgan fingerprint density at radius 2 is 1.71 bits per heavy atom. The normalized spacial score (nSPS) is 15.3. The fraction of sp³-hybridized carbons (Fsp3) is 0.448. The van der Waals surface area contributed by atoms with E-state index in [4.69, 9.17) is 13.9 Å². The number of hydrogen-bond acceptors (Lipinski definition) is 5. The van der Waals surface area contributed by atoms with Crippen molar-refractivity contribution in [3.8, 4) is 5.75 Å². The Morgan fingerprint density at radius 3 is 2.46 bits per heavy atom. The molecule has 0 unspecified atom stereocenters. The van der Waals surface area contributed by atoms with Gasteiger partial charge < -0.3 is 18.8 Å². The highest BCUT2D eigenvalue weighted by atomic mass is 16.5. The Bertz CT molecular complexity index is 1200. The molecule has 0 saturated carbocycles. The fourth-order valence-electron chi connectivity index (χ4n) is 4.56. The Balaban J connectivity index is 1.62. The molecule has 35 heavy (non-hydrogen) atoms. The van der Waals surface area contributed by atoms with Gasteiger partial charge in [0.2, 0.25) is 5.76 Å². The van der Waals surface area contributed by atoms with Gasteiger partial charge in [0, 0.05) is 13.2 Å². The minimum atomic E-state index is -0.504. The van der Waals surface area contributed by atoms with Crippen LogP contribution in [0.4, 0.5) is 0 Å². The molecule has 6 nitrogen and oxygen atoms in total. The Kier molecular flexibility index (Phi) is 8.24. The third-order valence-corrected chi connectivity index (χ3v) is 6.33. The van der Waals surface area contributed by atoms with Crippen molar-refractivity contribution in [2.24, 2.45) is 0 Å². The molecule has 6 heteroatoms. The first kappa shape index (κ1) is 25.0. The van der Waals surface area contributed by atoms with Gasteiger partial charge in [0.05, 0.1) is 29.7 Å². The Morgan fingerprint density at radius 1 is 0.943 bits per heavy atom. The fourth-order valence-corrected chi connectivity index (χ4v) is 4.56. The van der Waals surface area contributed by atoms with Crippen LogP contribution in [0, 0.1) is 0 Å². The van der Waals surface area contributed by atoms with E-state index in [0.29, 0.717) is 42.7 Å². The summed E-state index contributed by atoms with van der Waals surface area (Å²) >= 11 is 0. The molecule has 0 fully saturated rings. The zero-order valence-electron chi connectivity index (χ0n) is 20.9. The number of carbonyl (C=O) groups is 1. The molecule has 0 radical (unpaired) electrons. The summed E-state index contributed by atoms with van der Waals surface area (Å²) in [5.41, 5.74) is 1.55. The molecule has 1 aromatic heterocycles. The molecule has 0 saturated heterocycles. The molecule has 0 spiro atoms. The van der Waals surface area contributed by atoms with Crippen LogP contribution in [0.1, 0.15) is 80.6 Å². The van der Waals surface area contributed by atoms with Crippen molar-refractivity contribution in [1.29, 1.82) is 0 Å². The number of fused-ring (bicyclic) bond motifs is 2. The number of rotatable bonds is 12. The van der Waals surface area contributed by atoms with Crippen molar-refractivity contribution in [2.45, 2.75) is 65.0 Å². The highest BCUT2D eigenvalue weighted by Gasteiger charge is 2.42. The molecular weight excluding hydrogens is 442 g/mol. The van der Waals surface area contributed by atoms with Gasteiger partial charge in [0.15, 0.2) is 5.43 Å². The van der Waals surface area contributed by atoms with Gasteiger partial charge in [-0.3, -0.25) is 9.59 Å². The monoisotopic (exact) mass is 477 g/mol. The molecule has 2 aromatic carbocycles. The number of carbonyl (C=O) groups excluding carboxylic acids is 1. The Hall–Kier alpha value is -3.12. The molecular formula is C29H35NO5. The number of hydrogen-bond donors (Lipinski definition) is 0. The lowest BCUT2D eigenvalue weighted by molar-refractivity contribution is 0.0593. The number of benzene rings is 2. The summed E-state index contributed by atoms with van der Waals surface area (Å²) in [5.74, 6) is 0.672. The molecule has 2 heterocycles. The highest BCUT2D eigenvalue weighted by Crippen LogP contribution is 2.38. The first-order valence-corrected chi connectivity index (χ1v) is 12.7. The van der Waals surface area contributed by atoms with Crippen LogP contribution in [-0.2, 0) is 4.74 Å². The number of nitrogens with zero attached hydrogens (tertiary/aromatic N) is 1. The summed E-state index contributed by atoms with van der Waals surface area (Å²) in [7, 11) is 0. The van der Waals surface area contributed by atoms with Crippen molar-refractivity contribution in [1.82, 2.24) is 4.90 Å². The van der Waals surface area contributed by atoms with Crippen LogP contribution in [0.5, 0.6) is 5.75 Å². The third kappa shape index (κ3) is 5.59. The van der Waals surface area contributed by atoms with E-state index in [1.54, 1.807) is 23.1 Å². The van der Waals surface area contributed by atoms with Crippen LogP contribution >= 0.6 is 0 Å². The second-order valence-corrected chi connectivity index (χ2v) is 9.32. The summed E-state index contributed by atoms with van der Waals surface area (Å²) < 4.78 is 17.6. The van der Waals surface area contributed by atoms with Crippen LogP contribution in [0.15, 0.2) is 57.7 Å². The average molecular weight is 478 g/mol. The highest BCUT2D eigenvalue weighted by molar-refractivity contribution is 5.99. The standard InChI is InChI=1S/C29H35NO5/c1-4-5-6-9-18-34-22-15-13-21(14-16-22)26-25-27(31)23-11-7-8-12-24(23)35-28(25)29(32)30(26)17-10-19-33-20(2)3/h7-8,11-16,20,26H,4-6,9-10,17-19H2,1-3H3/t26-/m1/s1. The van der Waals surface area contributed by atoms with E-state index in [1.807, 2.05) is 44.2 Å². The van der Waals surface area contributed by atoms with Gasteiger partial charge in [-0.05, 0) is 56.5 Å². The number of para-hydroxylation sites is 1. The van der Waals surface area contributed by atoms with E-state index in [0.717, 1.165) is 24.2 Å². The van der Waals surface area contributed by atoms with Gasteiger partial charge in [-0.2, -0.15) is 0 Å². The molecule has 0 bridgehead atoms. The third-order valence-electron chi connectivity index (χ3n) is 6.33. The van der Waals surface area contributed by atoms with E-state index in [2.05, 4.69) is 6.92 Å². The van der Waals surface area contributed by atoms with Crippen molar-refractivity contribution < 1.29 is 18.7 Å². The van der Waals surface area contributed by atoms with Crippen LogP contribution in [-0.4, -0.2) is 36.7 Å². The quantitative estimate of drug-likeness (QED) is 0.294. The largest absolute Gasteiger partial charge is 0.494 e. The predicted molar refractivity (Wildman–Crippen MR) is 137 cm³/mol. The number of amides is 1. The van der Waals surface area contributed by atoms with E-state index in [1.165, 1.54) is 12.8 Å². The maximum Gasteiger partial charge on any atom is 0.290 e. The maximum absolute atomic E-state index is 13.5. The van der Waals surface area contributed by atoms with E-state index < -0.39 is 6.04 Å². The molecule has 0 aliphatic carbocycles. The smallest absolute Gasteiger partial charge is 0.290 e. The lowest BCUT2D eigenvalue weighted by atomic mass is 9.98. The first-order valence-electron chi connectivity index (χ1n) is 12.7. The van der Waals surface area contributed by atoms with Crippen LogP contribution in [0.25, 0.3) is 11.0 Å². The second kappa shape index (κ2) is 11.5. The molecule has 1 amide bonds. The first-order chi connectivity index (χ1) is 17.0. The maximum atomic E-state index is 13.5. The summed E-state index contributed by atoms with van der Waals surface area (Å²) in [6, 6.07) is 14.3. The summed E-state index contributed by atoms with van der Waals surface area (Å²) in [6.45, 7) is 7.85. The van der Waals surface area contributed by atoms with Gasteiger partial charge in [-0.15, -0.1) is 0 Å². The Labute approximate surface area is 206 Å².